The molecule has 2 rings (SSSR count). The van der Waals surface area contributed by atoms with Crippen molar-refractivity contribution in [1.29, 1.82) is 0 Å². The topological polar surface area (TPSA) is 24.9 Å². The van der Waals surface area contributed by atoms with Crippen LogP contribution in [0.4, 0.5) is 0 Å². The largest absolute Gasteiger partial charge is 0.314 e. The van der Waals surface area contributed by atoms with Gasteiger partial charge in [0.15, 0.2) is 0 Å². The molecule has 0 spiro atoms. The quantitative estimate of drug-likeness (QED) is 0.822. The number of rotatable bonds is 5. The van der Waals surface area contributed by atoms with Gasteiger partial charge in [0.25, 0.3) is 0 Å². The van der Waals surface area contributed by atoms with E-state index < -0.39 is 0 Å². The van der Waals surface area contributed by atoms with Gasteiger partial charge < -0.3 is 5.32 Å². The van der Waals surface area contributed by atoms with Crippen LogP contribution in [0.15, 0.2) is 24.5 Å². The van der Waals surface area contributed by atoms with Crippen molar-refractivity contribution in [2.24, 2.45) is 5.92 Å². The van der Waals surface area contributed by atoms with Crippen LogP contribution in [0, 0.1) is 5.92 Å². The summed E-state index contributed by atoms with van der Waals surface area (Å²) in [5.74, 6) is 0.914. The second-order valence-corrected chi connectivity index (χ2v) is 4.89. The molecule has 0 saturated heterocycles. The van der Waals surface area contributed by atoms with Gasteiger partial charge in [0, 0.05) is 18.4 Å². The second-order valence-electron chi connectivity index (χ2n) is 4.89. The van der Waals surface area contributed by atoms with E-state index in [1.165, 1.54) is 31.2 Å². The fraction of sp³-hybridized carbons (Fsp3) is 0.643. The number of pyridine rings is 1. The zero-order valence-electron chi connectivity index (χ0n) is 10.2. The van der Waals surface area contributed by atoms with E-state index in [1.807, 2.05) is 12.4 Å². The summed E-state index contributed by atoms with van der Waals surface area (Å²) in [6, 6.07) is 4.88. The van der Waals surface area contributed by atoms with E-state index in [9.17, 15) is 0 Å². The molecule has 0 aliphatic heterocycles. The van der Waals surface area contributed by atoms with Gasteiger partial charge in [-0.05, 0) is 56.3 Å². The SMILES string of the molecule is C[C@@H](NCCc1ccncc1)C1CCCC1. The first-order valence-electron chi connectivity index (χ1n) is 6.48. The van der Waals surface area contributed by atoms with E-state index in [1.54, 1.807) is 0 Å². The molecule has 2 heteroatoms. The Morgan fingerprint density at radius 1 is 1.31 bits per heavy atom. The van der Waals surface area contributed by atoms with Crippen molar-refractivity contribution in [2.45, 2.75) is 45.1 Å². The number of aromatic nitrogens is 1. The minimum atomic E-state index is 0.685. The highest BCUT2D eigenvalue weighted by molar-refractivity contribution is 5.09. The van der Waals surface area contributed by atoms with Crippen molar-refractivity contribution in [1.82, 2.24) is 10.3 Å². The van der Waals surface area contributed by atoms with Crippen LogP contribution in [0.1, 0.15) is 38.2 Å². The van der Waals surface area contributed by atoms with Crippen molar-refractivity contribution in [2.75, 3.05) is 6.54 Å². The second kappa shape index (κ2) is 6.00. The van der Waals surface area contributed by atoms with Gasteiger partial charge in [-0.3, -0.25) is 4.98 Å². The Hall–Kier alpha value is -0.890. The predicted octanol–water partition coefficient (Wildman–Crippen LogP) is 2.79. The Kier molecular flexibility index (Phi) is 4.34. The molecule has 0 bridgehead atoms. The van der Waals surface area contributed by atoms with E-state index in [0.29, 0.717) is 6.04 Å². The fourth-order valence-electron chi connectivity index (χ4n) is 2.62. The molecule has 1 fully saturated rings. The lowest BCUT2D eigenvalue weighted by molar-refractivity contribution is 0.384. The van der Waals surface area contributed by atoms with Crippen molar-refractivity contribution in [3.8, 4) is 0 Å². The van der Waals surface area contributed by atoms with Gasteiger partial charge in [-0.2, -0.15) is 0 Å². The summed E-state index contributed by atoms with van der Waals surface area (Å²) in [5, 5.41) is 3.65. The first kappa shape index (κ1) is 11.6. The molecule has 1 aliphatic rings. The zero-order valence-corrected chi connectivity index (χ0v) is 10.2. The Bertz CT molecular complexity index is 291. The molecule has 1 N–H and O–H groups in total. The molecule has 1 aromatic rings. The predicted molar refractivity (Wildman–Crippen MR) is 67.4 cm³/mol. The molecule has 1 aliphatic carbocycles. The minimum absolute atomic E-state index is 0.685. The molecular weight excluding hydrogens is 196 g/mol. The van der Waals surface area contributed by atoms with Crippen LogP contribution in [0.5, 0.6) is 0 Å². The smallest absolute Gasteiger partial charge is 0.0270 e. The lowest BCUT2D eigenvalue weighted by atomic mass is 10.00. The van der Waals surface area contributed by atoms with Gasteiger partial charge in [-0.1, -0.05) is 12.8 Å². The maximum atomic E-state index is 4.03. The fourth-order valence-corrected chi connectivity index (χ4v) is 2.62. The third kappa shape index (κ3) is 3.31. The van der Waals surface area contributed by atoms with Crippen LogP contribution in [0.25, 0.3) is 0 Å². The monoisotopic (exact) mass is 218 g/mol. The molecule has 1 heterocycles. The third-order valence-corrected chi connectivity index (χ3v) is 3.74. The Morgan fingerprint density at radius 2 is 2.00 bits per heavy atom. The molecule has 1 atom stereocenters. The van der Waals surface area contributed by atoms with Crippen LogP contribution in [-0.2, 0) is 6.42 Å². The maximum Gasteiger partial charge on any atom is 0.0270 e. The first-order chi connectivity index (χ1) is 7.86. The van der Waals surface area contributed by atoms with E-state index in [0.717, 1.165) is 18.9 Å². The third-order valence-electron chi connectivity index (χ3n) is 3.74. The first-order valence-corrected chi connectivity index (χ1v) is 6.48. The minimum Gasteiger partial charge on any atom is -0.314 e. The van der Waals surface area contributed by atoms with Gasteiger partial charge in [0.05, 0.1) is 0 Å². The highest BCUT2D eigenvalue weighted by atomic mass is 14.9. The molecule has 2 nitrogen and oxygen atoms in total. The molecule has 0 aromatic carbocycles. The van der Waals surface area contributed by atoms with Crippen LogP contribution < -0.4 is 5.32 Å². The number of hydrogen-bond donors (Lipinski definition) is 1. The van der Waals surface area contributed by atoms with Gasteiger partial charge in [-0.25, -0.2) is 0 Å². The van der Waals surface area contributed by atoms with E-state index in [2.05, 4.69) is 29.4 Å². The average molecular weight is 218 g/mol. The van der Waals surface area contributed by atoms with Crippen molar-refractivity contribution < 1.29 is 0 Å². The van der Waals surface area contributed by atoms with E-state index in [-0.39, 0.29) is 0 Å². The van der Waals surface area contributed by atoms with Crippen molar-refractivity contribution in [3.05, 3.63) is 30.1 Å². The number of nitrogens with one attached hydrogen (secondary N) is 1. The van der Waals surface area contributed by atoms with Gasteiger partial charge >= 0.3 is 0 Å². The summed E-state index contributed by atoms with van der Waals surface area (Å²) in [4.78, 5) is 4.03. The molecule has 0 unspecified atom stereocenters. The van der Waals surface area contributed by atoms with E-state index >= 15 is 0 Å². The molecular formula is C14H22N2. The van der Waals surface area contributed by atoms with Gasteiger partial charge in [-0.15, -0.1) is 0 Å². The summed E-state index contributed by atoms with van der Waals surface area (Å²) in [7, 11) is 0. The van der Waals surface area contributed by atoms with Crippen LogP contribution in [-0.4, -0.2) is 17.6 Å². The molecule has 16 heavy (non-hydrogen) atoms. The summed E-state index contributed by atoms with van der Waals surface area (Å²) < 4.78 is 0. The van der Waals surface area contributed by atoms with Crippen LogP contribution in [0.3, 0.4) is 0 Å². The lowest BCUT2D eigenvalue weighted by Gasteiger charge is -2.20. The summed E-state index contributed by atoms with van der Waals surface area (Å²) in [5.41, 5.74) is 1.38. The molecule has 0 radical (unpaired) electrons. The number of hydrogen-bond acceptors (Lipinski definition) is 2. The van der Waals surface area contributed by atoms with Crippen molar-refractivity contribution in [3.63, 3.8) is 0 Å². The Morgan fingerprint density at radius 3 is 2.69 bits per heavy atom. The standard InChI is InChI=1S/C14H22N2/c1-12(14-4-2-3-5-14)16-11-8-13-6-9-15-10-7-13/h6-7,9-10,12,14,16H,2-5,8,11H2,1H3/t12-/m1/s1. The van der Waals surface area contributed by atoms with Crippen LogP contribution in [0.2, 0.25) is 0 Å². The number of nitrogens with zero attached hydrogens (tertiary/aromatic N) is 1. The summed E-state index contributed by atoms with van der Waals surface area (Å²) in [6.45, 7) is 3.42. The Labute approximate surface area is 98.5 Å². The Balaban J connectivity index is 1.67. The van der Waals surface area contributed by atoms with Gasteiger partial charge in [0.2, 0.25) is 0 Å². The lowest BCUT2D eigenvalue weighted by Crippen LogP contribution is -2.33. The van der Waals surface area contributed by atoms with E-state index in [4.69, 9.17) is 0 Å². The maximum absolute atomic E-state index is 4.03. The molecule has 1 aromatic heterocycles. The highest BCUT2D eigenvalue weighted by Gasteiger charge is 2.20. The van der Waals surface area contributed by atoms with Crippen LogP contribution >= 0.6 is 0 Å². The molecule has 1 saturated carbocycles. The molecule has 0 amide bonds. The van der Waals surface area contributed by atoms with Crippen molar-refractivity contribution >= 4 is 0 Å². The molecule has 88 valence electrons. The summed E-state index contributed by atoms with van der Waals surface area (Å²) >= 11 is 0. The highest BCUT2D eigenvalue weighted by Crippen LogP contribution is 2.27. The summed E-state index contributed by atoms with van der Waals surface area (Å²) in [6.07, 6.45) is 10.6. The normalized spacial score (nSPS) is 18.8. The van der Waals surface area contributed by atoms with Gasteiger partial charge in [0.1, 0.15) is 0 Å². The zero-order chi connectivity index (χ0) is 11.2. The average Bonchev–Trinajstić information content (AvgIpc) is 2.84.